The molecule has 1 aliphatic heterocycles. The summed E-state index contributed by atoms with van der Waals surface area (Å²) in [4.78, 5) is 12.0. The van der Waals surface area contributed by atoms with Gasteiger partial charge in [-0.05, 0) is 19.1 Å². The number of benzene rings is 2. The van der Waals surface area contributed by atoms with E-state index >= 15 is 0 Å². The highest BCUT2D eigenvalue weighted by atomic mass is 16.7. The Kier molecular flexibility index (Phi) is 4.51. The number of hydrogen-bond acceptors (Lipinski definition) is 4. The lowest BCUT2D eigenvalue weighted by Crippen LogP contribution is -2.30. The Balaban J connectivity index is 1.58. The van der Waals surface area contributed by atoms with E-state index < -0.39 is 6.29 Å². The van der Waals surface area contributed by atoms with E-state index in [0.29, 0.717) is 12.2 Å². The van der Waals surface area contributed by atoms with Crippen molar-refractivity contribution in [3.63, 3.8) is 0 Å². The summed E-state index contributed by atoms with van der Waals surface area (Å²) >= 11 is 0. The molecule has 3 atom stereocenters. The molecule has 4 heteroatoms. The van der Waals surface area contributed by atoms with Gasteiger partial charge in [-0.2, -0.15) is 0 Å². The lowest BCUT2D eigenvalue weighted by molar-refractivity contribution is -0.0837. The Morgan fingerprint density at radius 1 is 1.09 bits per heavy atom. The standard InChI is InChI=1S/C18H18O4/c1-13(21-17(19)14-8-4-2-5-9-14)16-12-20-18(22-16)15-10-6-3-7-11-15/h2-11,13,16,18H,12H2,1H3/t13-,16+,18?/m0/s1. The van der Waals surface area contributed by atoms with Crippen molar-refractivity contribution in [2.75, 3.05) is 6.61 Å². The van der Waals surface area contributed by atoms with Gasteiger partial charge >= 0.3 is 5.97 Å². The second kappa shape index (κ2) is 6.73. The summed E-state index contributed by atoms with van der Waals surface area (Å²) < 4.78 is 17.0. The van der Waals surface area contributed by atoms with Gasteiger partial charge in [-0.15, -0.1) is 0 Å². The molecule has 1 heterocycles. The van der Waals surface area contributed by atoms with E-state index in [4.69, 9.17) is 14.2 Å². The monoisotopic (exact) mass is 298 g/mol. The third-order valence-electron chi connectivity index (χ3n) is 3.61. The van der Waals surface area contributed by atoms with Crippen LogP contribution in [0.3, 0.4) is 0 Å². The average molecular weight is 298 g/mol. The van der Waals surface area contributed by atoms with Crippen LogP contribution in [-0.4, -0.2) is 24.8 Å². The third kappa shape index (κ3) is 3.35. The first-order valence-corrected chi connectivity index (χ1v) is 7.32. The van der Waals surface area contributed by atoms with Crippen molar-refractivity contribution in [2.45, 2.75) is 25.4 Å². The summed E-state index contributed by atoms with van der Waals surface area (Å²) in [5.74, 6) is -0.347. The zero-order valence-corrected chi connectivity index (χ0v) is 12.3. The Bertz CT molecular complexity index is 611. The molecule has 2 aromatic carbocycles. The van der Waals surface area contributed by atoms with Gasteiger partial charge < -0.3 is 14.2 Å². The maximum atomic E-state index is 12.0. The van der Waals surface area contributed by atoms with Crippen LogP contribution < -0.4 is 0 Å². The van der Waals surface area contributed by atoms with Crippen LogP contribution in [0.4, 0.5) is 0 Å². The first-order valence-electron chi connectivity index (χ1n) is 7.32. The molecule has 114 valence electrons. The van der Waals surface area contributed by atoms with E-state index in [2.05, 4.69) is 0 Å². The van der Waals surface area contributed by atoms with Gasteiger partial charge in [0.2, 0.25) is 0 Å². The van der Waals surface area contributed by atoms with E-state index in [1.807, 2.05) is 55.5 Å². The van der Waals surface area contributed by atoms with Crippen molar-refractivity contribution < 1.29 is 19.0 Å². The fraction of sp³-hybridized carbons (Fsp3) is 0.278. The number of rotatable bonds is 4. The van der Waals surface area contributed by atoms with Gasteiger partial charge in [-0.1, -0.05) is 48.5 Å². The molecule has 1 saturated heterocycles. The van der Waals surface area contributed by atoms with Gasteiger partial charge in [0.15, 0.2) is 6.29 Å². The summed E-state index contributed by atoms with van der Waals surface area (Å²) in [6.45, 7) is 2.23. The van der Waals surface area contributed by atoms with E-state index in [-0.39, 0.29) is 18.2 Å². The number of ether oxygens (including phenoxy) is 3. The minimum Gasteiger partial charge on any atom is -0.456 e. The van der Waals surface area contributed by atoms with Gasteiger partial charge in [-0.3, -0.25) is 0 Å². The predicted octanol–water partition coefficient (Wildman–Crippen LogP) is 3.35. The summed E-state index contributed by atoms with van der Waals surface area (Å²) in [5, 5.41) is 0. The zero-order chi connectivity index (χ0) is 15.4. The molecular weight excluding hydrogens is 280 g/mol. The Labute approximate surface area is 129 Å². The van der Waals surface area contributed by atoms with E-state index in [1.165, 1.54) is 0 Å². The summed E-state index contributed by atoms with van der Waals surface area (Å²) in [6, 6.07) is 18.7. The van der Waals surface area contributed by atoms with Crippen LogP contribution in [0.2, 0.25) is 0 Å². The number of hydrogen-bond donors (Lipinski definition) is 0. The molecule has 0 aliphatic carbocycles. The van der Waals surface area contributed by atoms with Crippen LogP contribution in [0.15, 0.2) is 60.7 Å². The zero-order valence-electron chi connectivity index (χ0n) is 12.3. The van der Waals surface area contributed by atoms with Crippen LogP contribution in [0.5, 0.6) is 0 Å². The molecule has 0 amide bonds. The summed E-state index contributed by atoms with van der Waals surface area (Å²) in [5.41, 5.74) is 1.50. The number of esters is 1. The average Bonchev–Trinajstić information content (AvgIpc) is 3.06. The van der Waals surface area contributed by atoms with E-state index in [9.17, 15) is 4.79 Å². The molecule has 0 radical (unpaired) electrons. The maximum absolute atomic E-state index is 12.0. The highest BCUT2D eigenvalue weighted by Crippen LogP contribution is 2.28. The highest BCUT2D eigenvalue weighted by Gasteiger charge is 2.33. The SMILES string of the molecule is C[C@H](OC(=O)c1ccccc1)[C@H]1COC(c2ccccc2)O1. The van der Waals surface area contributed by atoms with Crippen molar-refractivity contribution in [1.29, 1.82) is 0 Å². The minimum atomic E-state index is -0.399. The van der Waals surface area contributed by atoms with Crippen molar-refractivity contribution in [3.8, 4) is 0 Å². The molecule has 0 N–H and O–H groups in total. The molecule has 0 saturated carbocycles. The molecule has 22 heavy (non-hydrogen) atoms. The highest BCUT2D eigenvalue weighted by molar-refractivity contribution is 5.89. The van der Waals surface area contributed by atoms with Crippen molar-refractivity contribution >= 4 is 5.97 Å². The second-order valence-electron chi connectivity index (χ2n) is 5.23. The number of carbonyl (C=O) groups excluding carboxylic acids is 1. The van der Waals surface area contributed by atoms with Gasteiger partial charge in [0.1, 0.15) is 12.2 Å². The van der Waals surface area contributed by atoms with Crippen LogP contribution in [0.25, 0.3) is 0 Å². The maximum Gasteiger partial charge on any atom is 0.338 e. The van der Waals surface area contributed by atoms with Crippen molar-refractivity contribution in [1.82, 2.24) is 0 Å². The molecular formula is C18H18O4. The first kappa shape index (κ1) is 14.8. The molecule has 3 rings (SSSR count). The fourth-order valence-electron chi connectivity index (χ4n) is 2.34. The van der Waals surface area contributed by atoms with Crippen molar-refractivity contribution in [3.05, 3.63) is 71.8 Å². The summed E-state index contributed by atoms with van der Waals surface area (Å²) in [7, 11) is 0. The van der Waals surface area contributed by atoms with Crippen LogP contribution in [0, 0.1) is 0 Å². The molecule has 0 bridgehead atoms. The topological polar surface area (TPSA) is 44.8 Å². The lowest BCUT2D eigenvalue weighted by atomic mass is 10.2. The summed E-state index contributed by atoms with van der Waals surface area (Å²) in [6.07, 6.45) is -1.04. The normalized spacial score (nSPS) is 22.2. The van der Waals surface area contributed by atoms with Crippen LogP contribution in [-0.2, 0) is 14.2 Å². The van der Waals surface area contributed by atoms with Crippen LogP contribution >= 0.6 is 0 Å². The second-order valence-corrected chi connectivity index (χ2v) is 5.23. The molecule has 0 spiro atoms. The smallest absolute Gasteiger partial charge is 0.338 e. The van der Waals surface area contributed by atoms with Crippen molar-refractivity contribution in [2.24, 2.45) is 0 Å². The molecule has 0 aromatic heterocycles. The predicted molar refractivity (Wildman–Crippen MR) is 81.3 cm³/mol. The minimum absolute atomic E-state index is 0.266. The quantitative estimate of drug-likeness (QED) is 0.812. The largest absolute Gasteiger partial charge is 0.456 e. The van der Waals surface area contributed by atoms with Gasteiger partial charge in [0, 0.05) is 5.56 Å². The Hall–Kier alpha value is -2.17. The Morgan fingerprint density at radius 3 is 2.41 bits per heavy atom. The molecule has 2 aromatic rings. The van der Waals surface area contributed by atoms with E-state index in [0.717, 1.165) is 5.56 Å². The molecule has 1 fully saturated rings. The number of carbonyl (C=O) groups is 1. The lowest BCUT2D eigenvalue weighted by Gasteiger charge is -2.19. The van der Waals surface area contributed by atoms with Crippen LogP contribution in [0.1, 0.15) is 29.1 Å². The Morgan fingerprint density at radius 2 is 1.73 bits per heavy atom. The molecule has 4 nitrogen and oxygen atoms in total. The molecule has 1 unspecified atom stereocenters. The van der Waals surface area contributed by atoms with Gasteiger partial charge in [0.25, 0.3) is 0 Å². The fourth-order valence-corrected chi connectivity index (χ4v) is 2.34. The van der Waals surface area contributed by atoms with Gasteiger partial charge in [0.05, 0.1) is 12.2 Å². The third-order valence-corrected chi connectivity index (χ3v) is 3.61. The van der Waals surface area contributed by atoms with E-state index in [1.54, 1.807) is 12.1 Å². The first-order chi connectivity index (χ1) is 10.7. The van der Waals surface area contributed by atoms with Gasteiger partial charge in [-0.25, -0.2) is 4.79 Å². The molecule has 1 aliphatic rings.